The molecule has 3 rings (SSSR count). The maximum atomic E-state index is 12.7. The Morgan fingerprint density at radius 2 is 1.89 bits per heavy atom. The Bertz CT molecular complexity index is 754. The molecule has 0 saturated carbocycles. The van der Waals surface area contributed by atoms with Gasteiger partial charge in [0.05, 0.1) is 24.9 Å². The number of benzene rings is 2. The Kier molecular flexibility index (Phi) is 7.28. The fraction of sp³-hybridized carbons (Fsp3) is 0.409. The fourth-order valence-electron chi connectivity index (χ4n) is 3.32. The summed E-state index contributed by atoms with van der Waals surface area (Å²) < 4.78 is 5.92. The molecule has 0 spiro atoms. The summed E-state index contributed by atoms with van der Waals surface area (Å²) in [6.07, 6.45) is 1.86. The van der Waals surface area contributed by atoms with Gasteiger partial charge in [-0.25, -0.2) is 4.79 Å². The number of para-hydroxylation sites is 2. The average molecular weight is 383 g/mol. The van der Waals surface area contributed by atoms with Gasteiger partial charge in [0, 0.05) is 19.6 Å². The van der Waals surface area contributed by atoms with Crippen molar-refractivity contribution >= 4 is 11.7 Å². The zero-order valence-corrected chi connectivity index (χ0v) is 16.4. The first kappa shape index (κ1) is 20.2. The topological polar surface area (TPSA) is 65.0 Å². The van der Waals surface area contributed by atoms with Gasteiger partial charge in [0.2, 0.25) is 0 Å². The molecule has 1 atom stereocenters. The lowest BCUT2D eigenvalue weighted by atomic mass is 10.1. The number of likely N-dealkylation sites (N-methyl/N-ethyl adjacent to an activating group) is 1. The summed E-state index contributed by atoms with van der Waals surface area (Å²) in [5.74, 6) is 0.678. The predicted molar refractivity (Wildman–Crippen MR) is 111 cm³/mol. The number of aliphatic hydroxyl groups excluding tert-OH is 1. The lowest BCUT2D eigenvalue weighted by Gasteiger charge is -2.38. The van der Waals surface area contributed by atoms with Gasteiger partial charge < -0.3 is 20.1 Å². The first-order chi connectivity index (χ1) is 13.7. The molecular weight excluding hydrogens is 354 g/mol. The van der Waals surface area contributed by atoms with Crippen molar-refractivity contribution in [2.75, 3.05) is 45.2 Å². The Balaban J connectivity index is 1.52. The fourth-order valence-corrected chi connectivity index (χ4v) is 3.32. The van der Waals surface area contributed by atoms with Crippen molar-refractivity contribution in [1.29, 1.82) is 0 Å². The number of carbonyl (C=O) groups is 1. The van der Waals surface area contributed by atoms with Gasteiger partial charge in [0.15, 0.2) is 0 Å². The highest BCUT2D eigenvalue weighted by Crippen LogP contribution is 2.24. The van der Waals surface area contributed by atoms with Crippen molar-refractivity contribution in [1.82, 2.24) is 9.80 Å². The van der Waals surface area contributed by atoms with Crippen LogP contribution in [0.4, 0.5) is 10.5 Å². The highest BCUT2D eigenvalue weighted by molar-refractivity contribution is 5.91. The summed E-state index contributed by atoms with van der Waals surface area (Å²) in [5, 5.41) is 12.4. The van der Waals surface area contributed by atoms with E-state index in [0.717, 1.165) is 19.4 Å². The Morgan fingerprint density at radius 1 is 1.14 bits per heavy atom. The summed E-state index contributed by atoms with van der Waals surface area (Å²) in [6.45, 7) is 2.53. The van der Waals surface area contributed by atoms with E-state index in [9.17, 15) is 9.90 Å². The molecular formula is C22H29N3O3. The molecule has 0 aliphatic carbocycles. The van der Waals surface area contributed by atoms with E-state index in [-0.39, 0.29) is 18.7 Å². The van der Waals surface area contributed by atoms with Crippen molar-refractivity contribution in [3.8, 4) is 5.75 Å². The van der Waals surface area contributed by atoms with Crippen LogP contribution in [0.2, 0.25) is 0 Å². The highest BCUT2D eigenvalue weighted by Gasteiger charge is 2.27. The number of nitrogens with one attached hydrogen (secondary N) is 1. The minimum Gasteiger partial charge on any atom is -0.491 e. The van der Waals surface area contributed by atoms with E-state index in [1.807, 2.05) is 49.5 Å². The molecule has 1 fully saturated rings. The Labute approximate surface area is 166 Å². The number of aryl methyl sites for hydroxylation is 1. The second-order valence-electron chi connectivity index (χ2n) is 7.13. The summed E-state index contributed by atoms with van der Waals surface area (Å²) in [7, 11) is 1.97. The first-order valence-corrected chi connectivity index (χ1v) is 9.80. The van der Waals surface area contributed by atoms with E-state index >= 15 is 0 Å². The zero-order chi connectivity index (χ0) is 19.8. The maximum absolute atomic E-state index is 12.7. The third kappa shape index (κ3) is 5.47. The highest BCUT2D eigenvalue weighted by atomic mass is 16.5. The SMILES string of the molecule is CN1CCN(C(=O)Nc2ccccc2OCCCc2ccccc2)C[C@@H]1CO. The number of ether oxygens (including phenoxy) is 1. The number of carbonyl (C=O) groups excluding carboxylic acids is 1. The molecule has 28 heavy (non-hydrogen) atoms. The van der Waals surface area contributed by atoms with E-state index in [1.165, 1.54) is 5.56 Å². The number of hydrogen-bond acceptors (Lipinski definition) is 4. The second kappa shape index (κ2) is 10.1. The molecule has 1 aliphatic heterocycles. The minimum atomic E-state index is -0.160. The first-order valence-electron chi connectivity index (χ1n) is 9.80. The molecule has 0 radical (unpaired) electrons. The van der Waals surface area contributed by atoms with Crippen LogP contribution >= 0.6 is 0 Å². The third-order valence-electron chi connectivity index (χ3n) is 5.11. The van der Waals surface area contributed by atoms with Crippen LogP contribution in [0.5, 0.6) is 5.75 Å². The van der Waals surface area contributed by atoms with Gasteiger partial charge in [-0.05, 0) is 37.6 Å². The Morgan fingerprint density at radius 3 is 2.68 bits per heavy atom. The molecule has 6 heteroatoms. The largest absolute Gasteiger partial charge is 0.491 e. The molecule has 150 valence electrons. The van der Waals surface area contributed by atoms with Crippen molar-refractivity contribution in [3.63, 3.8) is 0 Å². The van der Waals surface area contributed by atoms with Crippen LogP contribution in [0.15, 0.2) is 54.6 Å². The molecule has 2 amide bonds. The monoisotopic (exact) mass is 383 g/mol. The average Bonchev–Trinajstić information content (AvgIpc) is 2.73. The van der Waals surface area contributed by atoms with Gasteiger partial charge in [-0.15, -0.1) is 0 Å². The van der Waals surface area contributed by atoms with Crippen molar-refractivity contribution < 1.29 is 14.6 Å². The van der Waals surface area contributed by atoms with Gasteiger partial charge in [-0.3, -0.25) is 4.90 Å². The third-order valence-corrected chi connectivity index (χ3v) is 5.11. The molecule has 1 aliphatic rings. The Hall–Kier alpha value is -2.57. The van der Waals surface area contributed by atoms with Crippen LogP contribution in [-0.2, 0) is 6.42 Å². The predicted octanol–water partition coefficient (Wildman–Crippen LogP) is 2.84. The van der Waals surface area contributed by atoms with Gasteiger partial charge in [0.25, 0.3) is 0 Å². The van der Waals surface area contributed by atoms with E-state index in [2.05, 4.69) is 22.3 Å². The van der Waals surface area contributed by atoms with Crippen LogP contribution in [-0.4, -0.2) is 66.9 Å². The number of amides is 2. The molecule has 0 aromatic heterocycles. The summed E-state index contributed by atoms with van der Waals surface area (Å²) >= 11 is 0. The quantitative estimate of drug-likeness (QED) is 0.722. The van der Waals surface area contributed by atoms with Gasteiger partial charge in [-0.2, -0.15) is 0 Å². The molecule has 2 N–H and O–H groups in total. The van der Waals surface area contributed by atoms with Crippen LogP contribution in [0.1, 0.15) is 12.0 Å². The number of aliphatic hydroxyl groups is 1. The minimum absolute atomic E-state index is 0.0241. The number of urea groups is 1. The number of rotatable bonds is 7. The standard InChI is InChI=1S/C22H29N3O3/c1-24-13-14-25(16-19(24)17-26)22(27)23-20-11-5-6-12-21(20)28-15-7-10-18-8-3-2-4-9-18/h2-6,8-9,11-12,19,26H,7,10,13-17H2,1H3,(H,23,27)/t19-/m1/s1. The number of anilines is 1. The van der Waals surface area contributed by atoms with Crippen LogP contribution in [0.25, 0.3) is 0 Å². The molecule has 2 aromatic rings. The van der Waals surface area contributed by atoms with E-state index < -0.39 is 0 Å². The van der Waals surface area contributed by atoms with Crippen molar-refractivity contribution in [3.05, 3.63) is 60.2 Å². The van der Waals surface area contributed by atoms with Gasteiger partial charge in [-0.1, -0.05) is 42.5 Å². The van der Waals surface area contributed by atoms with E-state index in [1.54, 1.807) is 4.90 Å². The smallest absolute Gasteiger partial charge is 0.322 e. The van der Waals surface area contributed by atoms with Crippen molar-refractivity contribution in [2.45, 2.75) is 18.9 Å². The van der Waals surface area contributed by atoms with E-state index in [4.69, 9.17) is 4.74 Å². The van der Waals surface area contributed by atoms with Crippen LogP contribution < -0.4 is 10.1 Å². The summed E-state index contributed by atoms with van der Waals surface area (Å²) in [5.41, 5.74) is 1.97. The molecule has 6 nitrogen and oxygen atoms in total. The number of nitrogens with zero attached hydrogens (tertiary/aromatic N) is 2. The van der Waals surface area contributed by atoms with Gasteiger partial charge >= 0.3 is 6.03 Å². The van der Waals surface area contributed by atoms with Crippen molar-refractivity contribution in [2.24, 2.45) is 0 Å². The molecule has 0 bridgehead atoms. The van der Waals surface area contributed by atoms with Crippen LogP contribution in [0.3, 0.4) is 0 Å². The lowest BCUT2D eigenvalue weighted by Crippen LogP contribution is -2.55. The molecule has 1 saturated heterocycles. The molecule has 2 aromatic carbocycles. The number of piperazine rings is 1. The number of hydrogen-bond donors (Lipinski definition) is 2. The normalized spacial score (nSPS) is 17.4. The maximum Gasteiger partial charge on any atom is 0.322 e. The second-order valence-corrected chi connectivity index (χ2v) is 7.13. The van der Waals surface area contributed by atoms with E-state index in [0.29, 0.717) is 31.1 Å². The summed E-state index contributed by atoms with van der Waals surface area (Å²) in [6, 6.07) is 17.7. The van der Waals surface area contributed by atoms with Crippen LogP contribution in [0, 0.1) is 0 Å². The molecule has 1 heterocycles. The zero-order valence-electron chi connectivity index (χ0n) is 16.4. The summed E-state index contributed by atoms with van der Waals surface area (Å²) in [4.78, 5) is 16.5. The van der Waals surface area contributed by atoms with Gasteiger partial charge in [0.1, 0.15) is 5.75 Å². The lowest BCUT2D eigenvalue weighted by molar-refractivity contribution is 0.0754. The molecule has 0 unspecified atom stereocenters.